The van der Waals surface area contributed by atoms with Crippen molar-refractivity contribution in [3.05, 3.63) is 35.4 Å². The van der Waals surface area contributed by atoms with E-state index in [2.05, 4.69) is 38.1 Å². The van der Waals surface area contributed by atoms with E-state index in [0.717, 1.165) is 30.2 Å². The normalized spacial score (nSPS) is 17.4. The smallest absolute Gasteiger partial charge is 0.0790 e. The average Bonchev–Trinajstić information content (AvgIpc) is 3.12. The maximum absolute atomic E-state index is 10.1. The monoisotopic (exact) mass is 232 g/mol. The maximum Gasteiger partial charge on any atom is 0.0790 e. The summed E-state index contributed by atoms with van der Waals surface area (Å²) in [6, 6.07) is 8.60. The van der Waals surface area contributed by atoms with Gasteiger partial charge in [-0.1, -0.05) is 51.0 Å². The molecule has 0 aromatic heterocycles. The van der Waals surface area contributed by atoms with Crippen molar-refractivity contribution < 1.29 is 5.11 Å². The molecular weight excluding hydrogens is 208 g/mol. The zero-order valence-electron chi connectivity index (χ0n) is 11.0. The van der Waals surface area contributed by atoms with Crippen molar-refractivity contribution in [1.82, 2.24) is 0 Å². The number of benzene rings is 1. The fourth-order valence-corrected chi connectivity index (χ4v) is 2.29. The van der Waals surface area contributed by atoms with E-state index < -0.39 is 0 Å². The van der Waals surface area contributed by atoms with Gasteiger partial charge in [-0.15, -0.1) is 0 Å². The molecule has 1 fully saturated rings. The summed E-state index contributed by atoms with van der Waals surface area (Å²) in [6.45, 7) is 4.47. The minimum atomic E-state index is -0.276. The third-order valence-electron chi connectivity index (χ3n) is 3.63. The van der Waals surface area contributed by atoms with Gasteiger partial charge in [-0.25, -0.2) is 0 Å². The van der Waals surface area contributed by atoms with Crippen molar-refractivity contribution in [2.24, 2.45) is 5.92 Å². The molecule has 0 saturated heterocycles. The summed E-state index contributed by atoms with van der Waals surface area (Å²) in [6.07, 6.45) is 5.62. The quantitative estimate of drug-likeness (QED) is 0.769. The van der Waals surface area contributed by atoms with Gasteiger partial charge in [0.15, 0.2) is 0 Å². The van der Waals surface area contributed by atoms with Crippen molar-refractivity contribution in [2.75, 3.05) is 0 Å². The van der Waals surface area contributed by atoms with Gasteiger partial charge < -0.3 is 5.11 Å². The predicted octanol–water partition coefficient (Wildman–Crippen LogP) is 4.42. The Morgan fingerprint density at radius 1 is 1.12 bits per heavy atom. The van der Waals surface area contributed by atoms with Crippen LogP contribution in [0.1, 0.15) is 69.1 Å². The van der Waals surface area contributed by atoms with Crippen LogP contribution in [0, 0.1) is 5.92 Å². The van der Waals surface area contributed by atoms with Crippen molar-refractivity contribution in [3.8, 4) is 0 Å². The van der Waals surface area contributed by atoms with Crippen molar-refractivity contribution in [2.45, 2.75) is 58.0 Å². The SMILES string of the molecule is CC(C)CCCC(O)c1ccc(C2CC2)cc1. The van der Waals surface area contributed by atoms with E-state index in [9.17, 15) is 5.11 Å². The van der Waals surface area contributed by atoms with E-state index in [1.165, 1.54) is 24.8 Å². The van der Waals surface area contributed by atoms with Crippen LogP contribution in [0.3, 0.4) is 0 Å². The molecule has 1 aromatic carbocycles. The Hall–Kier alpha value is -0.820. The van der Waals surface area contributed by atoms with Crippen molar-refractivity contribution >= 4 is 0 Å². The summed E-state index contributed by atoms with van der Waals surface area (Å²) in [5.41, 5.74) is 2.53. The minimum absolute atomic E-state index is 0.276. The van der Waals surface area contributed by atoms with Gasteiger partial charge in [0.05, 0.1) is 6.10 Å². The minimum Gasteiger partial charge on any atom is -0.388 e. The summed E-state index contributed by atoms with van der Waals surface area (Å²) in [5.74, 6) is 1.54. The Balaban J connectivity index is 1.83. The lowest BCUT2D eigenvalue weighted by Gasteiger charge is -2.12. The summed E-state index contributed by atoms with van der Waals surface area (Å²) in [7, 11) is 0. The first kappa shape index (κ1) is 12.6. The second-order valence-electron chi connectivity index (χ2n) is 5.78. The second kappa shape index (κ2) is 5.68. The highest BCUT2D eigenvalue weighted by Crippen LogP contribution is 2.40. The van der Waals surface area contributed by atoms with Crippen LogP contribution in [-0.4, -0.2) is 5.11 Å². The summed E-state index contributed by atoms with van der Waals surface area (Å²) >= 11 is 0. The van der Waals surface area contributed by atoms with Crippen LogP contribution in [-0.2, 0) is 0 Å². The van der Waals surface area contributed by atoms with E-state index >= 15 is 0 Å². The Kier molecular flexibility index (Phi) is 4.22. The fourth-order valence-electron chi connectivity index (χ4n) is 2.29. The first-order valence-electron chi connectivity index (χ1n) is 6.94. The number of aliphatic hydroxyl groups excluding tert-OH is 1. The van der Waals surface area contributed by atoms with Gasteiger partial charge in [0.2, 0.25) is 0 Å². The summed E-state index contributed by atoms with van der Waals surface area (Å²) in [4.78, 5) is 0. The molecule has 17 heavy (non-hydrogen) atoms. The Labute approximate surface area is 105 Å². The Bertz CT molecular complexity index is 335. The molecule has 1 atom stereocenters. The molecule has 0 heterocycles. The largest absolute Gasteiger partial charge is 0.388 e. The van der Waals surface area contributed by atoms with Gasteiger partial charge in [-0.3, -0.25) is 0 Å². The standard InChI is InChI=1S/C16H24O/c1-12(2)4-3-5-16(17)15-10-8-14(9-11-15)13-6-7-13/h8-13,16-17H,3-7H2,1-2H3. The van der Waals surface area contributed by atoms with Crippen LogP contribution < -0.4 is 0 Å². The molecule has 1 unspecified atom stereocenters. The number of aliphatic hydroxyl groups is 1. The van der Waals surface area contributed by atoms with Gasteiger partial charge in [-0.2, -0.15) is 0 Å². The summed E-state index contributed by atoms with van der Waals surface area (Å²) in [5, 5.41) is 10.1. The van der Waals surface area contributed by atoms with E-state index in [1.54, 1.807) is 0 Å². The molecular formula is C16H24O. The van der Waals surface area contributed by atoms with Crippen molar-refractivity contribution in [1.29, 1.82) is 0 Å². The topological polar surface area (TPSA) is 20.2 Å². The maximum atomic E-state index is 10.1. The molecule has 0 spiro atoms. The van der Waals surface area contributed by atoms with E-state index in [-0.39, 0.29) is 6.10 Å². The average molecular weight is 232 g/mol. The lowest BCUT2D eigenvalue weighted by Crippen LogP contribution is -1.99. The zero-order chi connectivity index (χ0) is 12.3. The highest BCUT2D eigenvalue weighted by Gasteiger charge is 2.23. The predicted molar refractivity (Wildman–Crippen MR) is 72.1 cm³/mol. The number of rotatable bonds is 6. The molecule has 94 valence electrons. The molecule has 0 bridgehead atoms. The lowest BCUT2D eigenvalue weighted by atomic mass is 9.99. The molecule has 1 aliphatic rings. The molecule has 1 N–H and O–H groups in total. The van der Waals surface area contributed by atoms with E-state index in [4.69, 9.17) is 0 Å². The molecule has 1 nitrogen and oxygen atoms in total. The highest BCUT2D eigenvalue weighted by molar-refractivity contribution is 5.29. The van der Waals surface area contributed by atoms with E-state index in [0.29, 0.717) is 0 Å². The first-order chi connectivity index (χ1) is 8.16. The molecule has 2 rings (SSSR count). The molecule has 1 saturated carbocycles. The number of hydrogen-bond donors (Lipinski definition) is 1. The third-order valence-corrected chi connectivity index (χ3v) is 3.63. The van der Waals surface area contributed by atoms with Crippen LogP contribution in [0.15, 0.2) is 24.3 Å². The Morgan fingerprint density at radius 2 is 1.76 bits per heavy atom. The first-order valence-corrected chi connectivity index (χ1v) is 6.94. The van der Waals surface area contributed by atoms with Gasteiger partial charge in [0, 0.05) is 0 Å². The van der Waals surface area contributed by atoms with Crippen LogP contribution in [0.5, 0.6) is 0 Å². The summed E-state index contributed by atoms with van der Waals surface area (Å²) < 4.78 is 0. The second-order valence-corrected chi connectivity index (χ2v) is 5.78. The van der Waals surface area contributed by atoms with Crippen LogP contribution >= 0.6 is 0 Å². The molecule has 1 heteroatoms. The van der Waals surface area contributed by atoms with Crippen molar-refractivity contribution in [3.63, 3.8) is 0 Å². The Morgan fingerprint density at radius 3 is 2.29 bits per heavy atom. The van der Waals surface area contributed by atoms with Gasteiger partial charge in [0.1, 0.15) is 0 Å². The van der Waals surface area contributed by atoms with Crippen LogP contribution in [0.4, 0.5) is 0 Å². The van der Waals surface area contributed by atoms with Crippen LogP contribution in [0.25, 0.3) is 0 Å². The molecule has 1 aromatic rings. The fraction of sp³-hybridized carbons (Fsp3) is 0.625. The molecule has 1 aliphatic carbocycles. The van der Waals surface area contributed by atoms with Gasteiger partial charge >= 0.3 is 0 Å². The highest BCUT2D eigenvalue weighted by atomic mass is 16.3. The third kappa shape index (κ3) is 3.85. The van der Waals surface area contributed by atoms with Gasteiger partial charge in [0.25, 0.3) is 0 Å². The lowest BCUT2D eigenvalue weighted by molar-refractivity contribution is 0.162. The van der Waals surface area contributed by atoms with Gasteiger partial charge in [-0.05, 0) is 42.2 Å². The molecule has 0 aliphatic heterocycles. The molecule has 0 radical (unpaired) electrons. The molecule has 0 amide bonds. The van der Waals surface area contributed by atoms with Crippen LogP contribution in [0.2, 0.25) is 0 Å². The number of hydrogen-bond acceptors (Lipinski definition) is 1. The zero-order valence-corrected chi connectivity index (χ0v) is 11.0. The van der Waals surface area contributed by atoms with E-state index in [1.807, 2.05) is 0 Å².